The maximum absolute atomic E-state index is 10.1. The van der Waals surface area contributed by atoms with Gasteiger partial charge in [-0.2, -0.15) is 0 Å². The molecule has 0 aromatic carbocycles. The first-order valence-electron chi connectivity index (χ1n) is 5.58. The van der Waals surface area contributed by atoms with Crippen LogP contribution in [0.25, 0.3) is 6.08 Å². The van der Waals surface area contributed by atoms with Crippen molar-refractivity contribution in [3.8, 4) is 0 Å². The Bertz CT molecular complexity index is 354. The summed E-state index contributed by atoms with van der Waals surface area (Å²) in [5.41, 5.74) is 0.591. The predicted octanol–water partition coefficient (Wildman–Crippen LogP) is 4.26. The summed E-state index contributed by atoms with van der Waals surface area (Å²) < 4.78 is 0. The molecule has 0 amide bonds. The Kier molecular flexibility index (Phi) is 4.97. The molecule has 88 valence electrons. The smallest absolute Gasteiger partial charge is 0.0806 e. The molecule has 0 bridgehead atoms. The lowest BCUT2D eigenvalue weighted by molar-refractivity contribution is 0.104. The Morgan fingerprint density at radius 1 is 1.50 bits per heavy atom. The Morgan fingerprint density at radius 3 is 2.81 bits per heavy atom. The van der Waals surface area contributed by atoms with Crippen molar-refractivity contribution in [3.63, 3.8) is 0 Å². The summed E-state index contributed by atoms with van der Waals surface area (Å²) >= 11 is 1.68. The number of thiophene rings is 1. The van der Waals surface area contributed by atoms with E-state index in [9.17, 15) is 5.11 Å². The Labute approximate surface area is 102 Å². The van der Waals surface area contributed by atoms with Crippen LogP contribution in [0.2, 0.25) is 0 Å². The highest BCUT2D eigenvalue weighted by Crippen LogP contribution is 2.18. The molecule has 1 aromatic heterocycles. The predicted molar refractivity (Wildman–Crippen MR) is 72.6 cm³/mol. The first-order chi connectivity index (χ1) is 7.49. The van der Waals surface area contributed by atoms with Gasteiger partial charge in [0.1, 0.15) is 0 Å². The molecule has 2 heteroatoms. The lowest BCUT2D eigenvalue weighted by Gasteiger charge is -2.17. The first kappa shape index (κ1) is 13.2. The van der Waals surface area contributed by atoms with Crippen LogP contribution in [-0.2, 0) is 0 Å². The maximum Gasteiger partial charge on any atom is 0.0806 e. The van der Waals surface area contributed by atoms with Crippen LogP contribution in [0.3, 0.4) is 0 Å². The molecule has 1 nitrogen and oxygen atoms in total. The van der Waals surface area contributed by atoms with Gasteiger partial charge in [-0.25, -0.2) is 0 Å². The van der Waals surface area contributed by atoms with E-state index in [4.69, 9.17) is 0 Å². The second-order valence-electron chi connectivity index (χ2n) is 4.53. The van der Waals surface area contributed by atoms with Crippen LogP contribution in [-0.4, -0.2) is 10.7 Å². The fourth-order valence-electron chi connectivity index (χ4n) is 1.38. The molecule has 1 unspecified atom stereocenters. The molecule has 1 N–H and O–H groups in total. The van der Waals surface area contributed by atoms with E-state index >= 15 is 0 Å². The van der Waals surface area contributed by atoms with Crippen LogP contribution in [0.15, 0.2) is 35.2 Å². The lowest BCUT2D eigenvalue weighted by Crippen LogP contribution is -2.19. The molecule has 0 saturated carbocycles. The Hall–Kier alpha value is -0.860. The topological polar surface area (TPSA) is 20.2 Å². The van der Waals surface area contributed by atoms with E-state index in [1.54, 1.807) is 11.3 Å². The molecule has 0 fully saturated rings. The van der Waals surface area contributed by atoms with Gasteiger partial charge in [-0.15, -0.1) is 11.3 Å². The minimum Gasteiger partial charge on any atom is -0.386 e. The fourth-order valence-corrected chi connectivity index (χ4v) is 2.00. The number of aliphatic hydroxyl groups is 1. The van der Waals surface area contributed by atoms with Crippen LogP contribution < -0.4 is 0 Å². The third-order valence-electron chi connectivity index (χ3n) is 2.35. The molecule has 16 heavy (non-hydrogen) atoms. The molecule has 1 rings (SSSR count). The van der Waals surface area contributed by atoms with Gasteiger partial charge in [-0.3, -0.25) is 0 Å². The minimum atomic E-state index is -0.712. The van der Waals surface area contributed by atoms with E-state index in [1.807, 2.05) is 36.6 Å². The van der Waals surface area contributed by atoms with Gasteiger partial charge >= 0.3 is 0 Å². The van der Waals surface area contributed by atoms with Gasteiger partial charge in [0.2, 0.25) is 0 Å². The summed E-state index contributed by atoms with van der Waals surface area (Å²) in [6.07, 6.45) is 7.72. The summed E-state index contributed by atoms with van der Waals surface area (Å²) in [7, 11) is 0. The zero-order valence-electron chi connectivity index (χ0n) is 10.2. The molecule has 1 aromatic rings. The van der Waals surface area contributed by atoms with Crippen LogP contribution in [0, 0.1) is 0 Å². The monoisotopic (exact) mass is 236 g/mol. The summed E-state index contributed by atoms with van der Waals surface area (Å²) in [5.74, 6) is 0. The summed E-state index contributed by atoms with van der Waals surface area (Å²) in [6.45, 7) is 6.02. The molecule has 0 saturated heterocycles. The first-order valence-corrected chi connectivity index (χ1v) is 6.46. The van der Waals surface area contributed by atoms with E-state index in [-0.39, 0.29) is 0 Å². The average Bonchev–Trinajstić information content (AvgIpc) is 2.66. The van der Waals surface area contributed by atoms with E-state index in [0.29, 0.717) is 0 Å². The highest BCUT2D eigenvalue weighted by atomic mass is 32.1. The highest BCUT2D eigenvalue weighted by molar-refractivity contribution is 7.10. The van der Waals surface area contributed by atoms with Crippen molar-refractivity contribution in [1.82, 2.24) is 0 Å². The largest absolute Gasteiger partial charge is 0.386 e. The van der Waals surface area contributed by atoms with Crippen molar-refractivity contribution in [2.24, 2.45) is 0 Å². The average molecular weight is 236 g/mol. The van der Waals surface area contributed by atoms with Crippen molar-refractivity contribution in [2.75, 3.05) is 0 Å². The van der Waals surface area contributed by atoms with Gasteiger partial charge < -0.3 is 5.11 Å². The number of allylic oxidation sites excluding steroid dienone is 2. The fraction of sp³-hybridized carbons (Fsp3) is 0.429. The van der Waals surface area contributed by atoms with Crippen LogP contribution in [0.1, 0.15) is 38.5 Å². The van der Waals surface area contributed by atoms with Gasteiger partial charge in [0.25, 0.3) is 0 Å². The van der Waals surface area contributed by atoms with Gasteiger partial charge in [-0.1, -0.05) is 23.8 Å². The molecular formula is C14H20OS. The molecule has 0 aliphatic heterocycles. The van der Waals surface area contributed by atoms with E-state index in [0.717, 1.165) is 12.8 Å². The normalized spacial score (nSPS) is 15.0. The quantitative estimate of drug-likeness (QED) is 0.757. The summed E-state index contributed by atoms with van der Waals surface area (Å²) in [4.78, 5) is 1.18. The van der Waals surface area contributed by atoms with Crippen molar-refractivity contribution in [2.45, 2.75) is 39.2 Å². The van der Waals surface area contributed by atoms with Crippen LogP contribution in [0.5, 0.6) is 0 Å². The minimum absolute atomic E-state index is 0.712. The zero-order chi connectivity index (χ0) is 12.0. The third kappa shape index (κ3) is 5.29. The van der Waals surface area contributed by atoms with Gasteiger partial charge in [0, 0.05) is 4.88 Å². The number of hydrogen-bond donors (Lipinski definition) is 1. The van der Waals surface area contributed by atoms with E-state index < -0.39 is 5.60 Å². The summed E-state index contributed by atoms with van der Waals surface area (Å²) in [5, 5.41) is 12.2. The van der Waals surface area contributed by atoms with E-state index in [1.165, 1.54) is 10.5 Å². The van der Waals surface area contributed by atoms with Crippen molar-refractivity contribution >= 4 is 17.4 Å². The lowest BCUT2D eigenvalue weighted by atomic mass is 9.99. The molecule has 0 aliphatic carbocycles. The SMILES string of the molecule is CC(C)=CCCC(C)(O)/C=C/c1cccs1. The second kappa shape index (κ2) is 6.02. The molecular weight excluding hydrogens is 216 g/mol. The van der Waals surface area contributed by atoms with Gasteiger partial charge in [-0.05, 0) is 51.1 Å². The van der Waals surface area contributed by atoms with Crippen molar-refractivity contribution < 1.29 is 5.11 Å². The molecule has 1 heterocycles. The van der Waals surface area contributed by atoms with Crippen LogP contribution >= 0.6 is 11.3 Å². The van der Waals surface area contributed by atoms with Crippen molar-refractivity contribution in [1.29, 1.82) is 0 Å². The number of hydrogen-bond acceptors (Lipinski definition) is 2. The van der Waals surface area contributed by atoms with E-state index in [2.05, 4.69) is 19.9 Å². The second-order valence-corrected chi connectivity index (χ2v) is 5.51. The van der Waals surface area contributed by atoms with Crippen molar-refractivity contribution in [3.05, 3.63) is 40.1 Å². The summed E-state index contributed by atoms with van der Waals surface area (Å²) in [6, 6.07) is 4.07. The van der Waals surface area contributed by atoms with Gasteiger partial charge in [0.05, 0.1) is 5.60 Å². The standard InChI is InChI=1S/C14H20OS/c1-12(2)6-4-9-14(3,15)10-8-13-7-5-11-16-13/h5-8,10-11,15H,4,9H2,1-3H3/b10-8+. The third-order valence-corrected chi connectivity index (χ3v) is 3.19. The molecule has 1 atom stereocenters. The Balaban J connectivity index is 2.48. The van der Waals surface area contributed by atoms with Gasteiger partial charge in [0.15, 0.2) is 0 Å². The maximum atomic E-state index is 10.1. The molecule has 0 spiro atoms. The number of rotatable bonds is 5. The molecule has 0 aliphatic rings. The highest BCUT2D eigenvalue weighted by Gasteiger charge is 2.14. The van der Waals surface area contributed by atoms with Crippen LogP contribution in [0.4, 0.5) is 0 Å². The zero-order valence-corrected chi connectivity index (χ0v) is 11.1. The Morgan fingerprint density at radius 2 is 2.25 bits per heavy atom. The molecule has 0 radical (unpaired) electrons.